The first-order valence-electron chi connectivity index (χ1n) is 8.70. The summed E-state index contributed by atoms with van der Waals surface area (Å²) in [4.78, 5) is 0. The maximum atomic E-state index is 2.31. The molecule has 0 unspecified atom stereocenters. The topological polar surface area (TPSA) is 0 Å². The van der Waals surface area contributed by atoms with Crippen molar-refractivity contribution in [2.45, 2.75) is 65.7 Å². The number of benzene rings is 2. The first-order valence-corrected chi connectivity index (χ1v) is 8.70. The molecule has 0 aliphatic rings. The zero-order valence-electron chi connectivity index (χ0n) is 17.3. The van der Waals surface area contributed by atoms with Crippen LogP contribution in [-0.4, -0.2) is 0 Å². The van der Waals surface area contributed by atoms with Gasteiger partial charge in [-0.15, -0.1) is 5.41 Å². The molecule has 2 aromatic rings. The molecule has 0 heterocycles. The van der Waals surface area contributed by atoms with Gasteiger partial charge in [-0.25, -0.2) is 0 Å². The molecule has 0 atom stereocenters. The average molecular weight is 373 g/mol. The Bertz CT molecular complexity index is 631. The second kappa shape index (κ2) is 9.10. The molecule has 135 valence electrons. The third-order valence-corrected chi connectivity index (χ3v) is 5.74. The van der Waals surface area contributed by atoms with Crippen molar-refractivity contribution in [3.05, 3.63) is 73.0 Å². The molecule has 0 saturated heterocycles. The Kier molecular flexibility index (Phi) is 8.75. The van der Waals surface area contributed by atoms with Crippen LogP contribution in [0.5, 0.6) is 0 Å². The van der Waals surface area contributed by atoms with Gasteiger partial charge in [0.25, 0.3) is 0 Å². The Hall–Kier alpha value is -0.976. The van der Waals surface area contributed by atoms with Gasteiger partial charge in [0.15, 0.2) is 0 Å². The second-order valence-corrected chi connectivity index (χ2v) is 8.02. The van der Waals surface area contributed by atoms with Gasteiger partial charge in [0.2, 0.25) is 0 Å². The van der Waals surface area contributed by atoms with E-state index in [1.54, 1.807) is 0 Å². The van der Waals surface area contributed by atoms with Crippen molar-refractivity contribution in [3.63, 3.8) is 0 Å². The van der Waals surface area contributed by atoms with Gasteiger partial charge in [0, 0.05) is 0 Å². The van der Waals surface area contributed by atoms with Gasteiger partial charge in [-0.2, -0.15) is 13.8 Å². The van der Waals surface area contributed by atoms with Crippen LogP contribution in [0, 0.1) is 13.3 Å². The van der Waals surface area contributed by atoms with Crippen LogP contribution in [0.3, 0.4) is 0 Å². The van der Waals surface area contributed by atoms with E-state index in [1.807, 2.05) is 0 Å². The van der Waals surface area contributed by atoms with Crippen LogP contribution in [-0.2, 0) is 29.4 Å². The number of rotatable bonds is 5. The van der Waals surface area contributed by atoms with E-state index in [0.29, 0.717) is 0 Å². The minimum Gasteiger partial charge on any atom is -0.358 e. The Morgan fingerprint density at radius 3 is 1.40 bits per heavy atom. The van der Waals surface area contributed by atoms with Crippen molar-refractivity contribution in [3.8, 4) is 11.1 Å². The van der Waals surface area contributed by atoms with Crippen LogP contribution in [0.25, 0.3) is 11.1 Å². The van der Waals surface area contributed by atoms with Gasteiger partial charge in [0.05, 0.1) is 0 Å². The Labute approximate surface area is 168 Å². The molecule has 1 radical (unpaired) electrons. The van der Waals surface area contributed by atoms with E-state index < -0.39 is 0 Å². The molecule has 0 spiro atoms. The van der Waals surface area contributed by atoms with E-state index >= 15 is 0 Å². The van der Waals surface area contributed by atoms with Gasteiger partial charge >= 0.3 is 18.6 Å². The van der Waals surface area contributed by atoms with Gasteiger partial charge < -0.3 is 13.3 Å². The predicted molar refractivity (Wildman–Crippen MR) is 109 cm³/mol. The predicted octanol–water partition coefficient (Wildman–Crippen LogP) is 7.38. The molecule has 1 heteroatoms. The molecule has 0 nitrogen and oxygen atoms in total. The number of hydrogen-bond acceptors (Lipinski definition) is 0. The molecule has 25 heavy (non-hydrogen) atoms. The van der Waals surface area contributed by atoms with Crippen LogP contribution >= 0.6 is 0 Å². The van der Waals surface area contributed by atoms with Crippen molar-refractivity contribution in [2.75, 3.05) is 0 Å². The second-order valence-electron chi connectivity index (χ2n) is 8.02. The number of hydrogen-bond donors (Lipinski definition) is 0. The fraction of sp³-hybridized carbons (Fsp3) is 0.417. The molecule has 0 saturated carbocycles. The fourth-order valence-electron chi connectivity index (χ4n) is 2.69. The van der Waals surface area contributed by atoms with Crippen LogP contribution in [0.15, 0.2) is 48.5 Å². The molecule has 0 aliphatic carbocycles. The summed E-state index contributed by atoms with van der Waals surface area (Å²) >= 11 is 0. The minimum atomic E-state index is 0. The standard InChI is InChI=1S/C23H31.CH3.V/c1-8-22(4,5)20-13-9-18(10-14-20)19-11-15-21(16-12-19)23(6,7)17(2)3;;/h9-16H,8H2,1-7H3;1H3;/q2*-1;+2. The van der Waals surface area contributed by atoms with Crippen molar-refractivity contribution in [1.82, 2.24) is 0 Å². The van der Waals surface area contributed by atoms with Crippen molar-refractivity contribution in [2.24, 2.45) is 0 Å². The van der Waals surface area contributed by atoms with Crippen LogP contribution in [0.1, 0.15) is 66.0 Å². The smallest absolute Gasteiger partial charge is 0.358 e. The molecule has 0 aliphatic heterocycles. The largest absolute Gasteiger partial charge is 2.00 e. The molecule has 0 aromatic heterocycles. The first kappa shape index (κ1) is 24.0. The summed E-state index contributed by atoms with van der Waals surface area (Å²) in [6.07, 6.45) is 1.16. The molecule has 0 bridgehead atoms. The summed E-state index contributed by atoms with van der Waals surface area (Å²) in [5.41, 5.74) is 5.76. The van der Waals surface area contributed by atoms with Crippen LogP contribution < -0.4 is 0 Å². The van der Waals surface area contributed by atoms with Crippen LogP contribution in [0.2, 0.25) is 0 Å². The van der Waals surface area contributed by atoms with Gasteiger partial charge in [-0.3, -0.25) is 0 Å². The van der Waals surface area contributed by atoms with E-state index in [0.717, 1.165) is 6.42 Å². The minimum absolute atomic E-state index is 0. The van der Waals surface area contributed by atoms with Crippen LogP contribution in [0.4, 0.5) is 0 Å². The van der Waals surface area contributed by atoms with E-state index in [9.17, 15) is 0 Å². The summed E-state index contributed by atoms with van der Waals surface area (Å²) in [6, 6.07) is 18.1. The van der Waals surface area contributed by atoms with E-state index in [2.05, 4.69) is 97.0 Å². The van der Waals surface area contributed by atoms with E-state index in [4.69, 9.17) is 0 Å². The van der Waals surface area contributed by atoms with Gasteiger partial charge in [-0.05, 0) is 28.5 Å². The Morgan fingerprint density at radius 1 is 0.720 bits per heavy atom. The van der Waals surface area contributed by atoms with Gasteiger partial charge in [0.1, 0.15) is 0 Å². The summed E-state index contributed by atoms with van der Waals surface area (Å²) < 4.78 is 0. The molecule has 2 aromatic carbocycles. The van der Waals surface area contributed by atoms with Crippen molar-refractivity contribution < 1.29 is 18.6 Å². The first-order chi connectivity index (χ1) is 10.7. The van der Waals surface area contributed by atoms with Crippen molar-refractivity contribution in [1.29, 1.82) is 0 Å². The summed E-state index contributed by atoms with van der Waals surface area (Å²) in [6.45, 7) is 15.9. The van der Waals surface area contributed by atoms with E-state index in [-0.39, 0.29) is 36.8 Å². The summed E-state index contributed by atoms with van der Waals surface area (Å²) in [5, 5.41) is 0. The fourth-order valence-corrected chi connectivity index (χ4v) is 2.69. The summed E-state index contributed by atoms with van der Waals surface area (Å²) in [7, 11) is 0. The molecule has 0 fully saturated rings. The third kappa shape index (κ3) is 5.25. The Morgan fingerprint density at radius 2 is 1.08 bits per heavy atom. The molecule has 0 N–H and O–H groups in total. The Balaban J connectivity index is 0.00000288. The monoisotopic (exact) mass is 373 g/mol. The molecular weight excluding hydrogens is 339 g/mol. The van der Waals surface area contributed by atoms with Gasteiger partial charge in [-0.1, -0.05) is 88.7 Å². The maximum absolute atomic E-state index is 2.31. The zero-order valence-corrected chi connectivity index (χ0v) is 18.7. The average Bonchev–Trinajstić information content (AvgIpc) is 2.55. The SMILES string of the molecule is CCC(C)(C)c1ccc(-c2ccc(C(C)(C)[C-](C)C)cc2)cc1.[CH3-].[V+2]. The maximum Gasteiger partial charge on any atom is 2.00 e. The zero-order chi connectivity index (χ0) is 17.3. The molecule has 2 rings (SSSR count). The van der Waals surface area contributed by atoms with Crippen molar-refractivity contribution >= 4 is 0 Å². The summed E-state index contributed by atoms with van der Waals surface area (Å²) in [5.74, 6) is 1.44. The molecular formula is C24H34V. The normalized spacial score (nSPS) is 11.7. The van der Waals surface area contributed by atoms with E-state index in [1.165, 1.54) is 28.2 Å². The quantitative estimate of drug-likeness (QED) is 0.480. The molecule has 0 amide bonds. The third-order valence-electron chi connectivity index (χ3n) is 5.74.